The van der Waals surface area contributed by atoms with Crippen LogP contribution in [-0.2, 0) is 0 Å². The quantitative estimate of drug-likeness (QED) is 0.173. The number of anilines is 2. The third-order valence-corrected chi connectivity index (χ3v) is 11.7. The lowest BCUT2D eigenvalue weighted by Crippen LogP contribution is -2.20. The van der Waals surface area contributed by atoms with Crippen LogP contribution in [0.25, 0.3) is 69.9 Å². The van der Waals surface area contributed by atoms with E-state index in [0.29, 0.717) is 5.92 Å². The second-order valence-corrected chi connectivity index (χ2v) is 14.9. The fourth-order valence-electron chi connectivity index (χ4n) is 7.92. The smallest absolute Gasteiger partial charge is 0.135 e. The molecule has 0 spiro atoms. The molecule has 10 rings (SSSR count). The molecule has 0 saturated heterocycles. The number of hydrogen-bond acceptors (Lipinski definition) is 3. The lowest BCUT2D eigenvalue weighted by Gasteiger charge is -2.32. The van der Waals surface area contributed by atoms with Crippen LogP contribution in [0.4, 0.5) is 11.4 Å². The standard InChI is InChI=1S/C49H35NOS/c1-32-29-40(25-26-41(32)35-9-3-2-4-10-35)50(38-21-15-33(16-22-38)36-19-27-47-44(30-36)42-11-5-7-13-46(42)51-47)39-23-17-34(18-24-39)37-20-28-49-45(31-37)43-12-6-8-14-48(43)52-49/h2-28,30-32H,29H2,1H3. The second-order valence-electron chi connectivity index (χ2n) is 13.8. The Morgan fingerprint density at radius 3 is 1.79 bits per heavy atom. The first-order chi connectivity index (χ1) is 25.7. The van der Waals surface area contributed by atoms with Gasteiger partial charge in [-0.3, -0.25) is 0 Å². The number of nitrogens with zero attached hydrogens (tertiary/aromatic N) is 1. The van der Waals surface area contributed by atoms with Crippen LogP contribution in [0.1, 0.15) is 18.9 Å². The van der Waals surface area contributed by atoms with Gasteiger partial charge in [-0.15, -0.1) is 11.3 Å². The SMILES string of the molecule is CC1CC(N(c2ccc(-c3ccc4oc5ccccc5c4c3)cc2)c2ccc(-c3ccc4sc5ccccc5c4c3)cc2)=CC=C1c1ccccc1. The molecule has 2 aromatic heterocycles. The van der Waals surface area contributed by atoms with Gasteiger partial charge in [0.2, 0.25) is 0 Å². The van der Waals surface area contributed by atoms with Crippen LogP contribution in [0.5, 0.6) is 0 Å². The van der Waals surface area contributed by atoms with Crippen LogP contribution >= 0.6 is 11.3 Å². The Hall–Kier alpha value is -6.16. The van der Waals surface area contributed by atoms with Crippen LogP contribution in [0.3, 0.4) is 0 Å². The highest BCUT2D eigenvalue weighted by Crippen LogP contribution is 2.41. The number of allylic oxidation sites excluding steroid dienone is 4. The molecule has 0 bridgehead atoms. The highest BCUT2D eigenvalue weighted by molar-refractivity contribution is 7.25. The zero-order valence-corrected chi connectivity index (χ0v) is 29.6. The molecule has 52 heavy (non-hydrogen) atoms. The Bertz CT molecular complexity index is 2660. The lowest BCUT2D eigenvalue weighted by molar-refractivity contribution is 0.669. The number of rotatable bonds is 6. The van der Waals surface area contributed by atoms with E-state index in [1.165, 1.54) is 59.3 Å². The zero-order valence-electron chi connectivity index (χ0n) is 28.8. The van der Waals surface area contributed by atoms with E-state index in [-0.39, 0.29) is 0 Å². The van der Waals surface area contributed by atoms with Crippen LogP contribution in [0.2, 0.25) is 0 Å². The average molecular weight is 686 g/mol. The van der Waals surface area contributed by atoms with Crippen molar-refractivity contribution in [2.75, 3.05) is 4.90 Å². The minimum Gasteiger partial charge on any atom is -0.456 e. The molecule has 0 aliphatic heterocycles. The lowest BCUT2D eigenvalue weighted by atomic mass is 9.86. The molecule has 9 aromatic rings. The summed E-state index contributed by atoms with van der Waals surface area (Å²) in [5, 5.41) is 4.95. The van der Waals surface area contributed by atoms with Crippen molar-refractivity contribution < 1.29 is 4.42 Å². The molecule has 0 saturated carbocycles. The van der Waals surface area contributed by atoms with Crippen molar-refractivity contribution in [3.63, 3.8) is 0 Å². The molecule has 0 radical (unpaired) electrons. The monoisotopic (exact) mass is 685 g/mol. The van der Waals surface area contributed by atoms with Gasteiger partial charge in [0.1, 0.15) is 11.2 Å². The highest BCUT2D eigenvalue weighted by Gasteiger charge is 2.23. The normalized spacial score (nSPS) is 14.6. The molecule has 3 heteroatoms. The average Bonchev–Trinajstić information content (AvgIpc) is 3.77. The molecule has 0 fully saturated rings. The maximum absolute atomic E-state index is 6.11. The molecule has 0 amide bonds. The molecule has 2 heterocycles. The van der Waals surface area contributed by atoms with Crippen molar-refractivity contribution in [2.24, 2.45) is 5.92 Å². The van der Waals surface area contributed by atoms with E-state index < -0.39 is 0 Å². The number of para-hydroxylation sites is 1. The third-order valence-electron chi connectivity index (χ3n) is 10.6. The number of furan rings is 1. The molecule has 1 aliphatic carbocycles. The first kappa shape index (κ1) is 30.6. The summed E-state index contributed by atoms with van der Waals surface area (Å²) in [5.74, 6) is 0.382. The number of hydrogen-bond donors (Lipinski definition) is 0. The largest absolute Gasteiger partial charge is 0.456 e. The Labute approximate surface area is 307 Å². The summed E-state index contributed by atoms with van der Waals surface area (Å²) in [5.41, 5.74) is 12.9. The van der Waals surface area contributed by atoms with Crippen molar-refractivity contribution in [3.8, 4) is 22.3 Å². The van der Waals surface area contributed by atoms with Crippen molar-refractivity contribution >= 4 is 70.4 Å². The van der Waals surface area contributed by atoms with Gasteiger partial charge in [0, 0.05) is 48.0 Å². The van der Waals surface area contributed by atoms with Crippen LogP contribution in [0, 0.1) is 5.92 Å². The maximum Gasteiger partial charge on any atom is 0.135 e. The Morgan fingerprint density at radius 2 is 1.06 bits per heavy atom. The van der Waals surface area contributed by atoms with Gasteiger partial charge < -0.3 is 9.32 Å². The van der Waals surface area contributed by atoms with Crippen molar-refractivity contribution in [2.45, 2.75) is 13.3 Å². The highest BCUT2D eigenvalue weighted by atomic mass is 32.1. The van der Waals surface area contributed by atoms with Crippen LogP contribution < -0.4 is 4.90 Å². The molecule has 1 atom stereocenters. The van der Waals surface area contributed by atoms with Gasteiger partial charge in [-0.25, -0.2) is 0 Å². The van der Waals surface area contributed by atoms with Crippen molar-refractivity contribution in [1.82, 2.24) is 0 Å². The van der Waals surface area contributed by atoms with E-state index in [4.69, 9.17) is 4.42 Å². The minimum absolute atomic E-state index is 0.382. The predicted molar refractivity (Wildman–Crippen MR) is 222 cm³/mol. The summed E-state index contributed by atoms with van der Waals surface area (Å²) >= 11 is 1.86. The molecule has 1 unspecified atom stereocenters. The second kappa shape index (κ2) is 12.6. The van der Waals surface area contributed by atoms with Gasteiger partial charge in [-0.1, -0.05) is 116 Å². The summed E-state index contributed by atoms with van der Waals surface area (Å²) < 4.78 is 8.77. The predicted octanol–water partition coefficient (Wildman–Crippen LogP) is 14.4. The van der Waals surface area contributed by atoms with Crippen LogP contribution in [-0.4, -0.2) is 0 Å². The van der Waals surface area contributed by atoms with Gasteiger partial charge in [0.25, 0.3) is 0 Å². The summed E-state index contributed by atoms with van der Waals surface area (Å²) in [4.78, 5) is 2.44. The molecule has 248 valence electrons. The van der Waals surface area contributed by atoms with E-state index >= 15 is 0 Å². The maximum atomic E-state index is 6.11. The number of fused-ring (bicyclic) bond motifs is 6. The van der Waals surface area contributed by atoms with E-state index in [9.17, 15) is 0 Å². The molecular weight excluding hydrogens is 651 g/mol. The fraction of sp³-hybridized carbons (Fsp3) is 0.0612. The Kier molecular flexibility index (Phi) is 7.40. The molecular formula is C49H35NOS. The molecule has 0 N–H and O–H groups in total. The van der Waals surface area contributed by atoms with Crippen molar-refractivity contribution in [3.05, 3.63) is 187 Å². The number of benzene rings is 7. The van der Waals surface area contributed by atoms with Gasteiger partial charge in [-0.05, 0) is 112 Å². The van der Waals surface area contributed by atoms with E-state index in [0.717, 1.165) is 39.7 Å². The Balaban J connectivity index is 1.03. The summed E-state index contributed by atoms with van der Waals surface area (Å²) in [6.45, 7) is 2.34. The first-order valence-electron chi connectivity index (χ1n) is 18.0. The molecule has 1 aliphatic rings. The van der Waals surface area contributed by atoms with E-state index in [1.807, 2.05) is 23.5 Å². The van der Waals surface area contributed by atoms with Gasteiger partial charge >= 0.3 is 0 Å². The van der Waals surface area contributed by atoms with Crippen LogP contribution in [0.15, 0.2) is 186 Å². The summed E-state index contributed by atoms with van der Waals surface area (Å²) in [7, 11) is 0. The minimum atomic E-state index is 0.382. The first-order valence-corrected chi connectivity index (χ1v) is 18.8. The molecule has 2 nitrogen and oxygen atoms in total. The van der Waals surface area contributed by atoms with E-state index in [1.54, 1.807) is 0 Å². The zero-order chi connectivity index (χ0) is 34.6. The fourth-order valence-corrected chi connectivity index (χ4v) is 9.00. The van der Waals surface area contributed by atoms with Gasteiger partial charge in [0.05, 0.1) is 0 Å². The topological polar surface area (TPSA) is 16.4 Å². The molecule has 7 aromatic carbocycles. The number of thiophene rings is 1. The van der Waals surface area contributed by atoms with Gasteiger partial charge in [-0.2, -0.15) is 0 Å². The summed E-state index contributed by atoms with van der Waals surface area (Å²) in [6.07, 6.45) is 5.58. The van der Waals surface area contributed by atoms with Crippen molar-refractivity contribution in [1.29, 1.82) is 0 Å². The third kappa shape index (κ3) is 5.33. The summed E-state index contributed by atoms with van der Waals surface area (Å²) in [6, 6.07) is 59.3. The Morgan fingerprint density at radius 1 is 0.481 bits per heavy atom. The van der Waals surface area contributed by atoms with Gasteiger partial charge in [0.15, 0.2) is 0 Å². The van der Waals surface area contributed by atoms with E-state index in [2.05, 4.69) is 176 Å².